The molecule has 0 saturated heterocycles. The van der Waals surface area contributed by atoms with Crippen molar-refractivity contribution in [2.45, 2.75) is 19.3 Å². The van der Waals surface area contributed by atoms with Gasteiger partial charge in [0.2, 0.25) is 0 Å². The minimum atomic E-state index is -0.162. The summed E-state index contributed by atoms with van der Waals surface area (Å²) in [6, 6.07) is 50.7. The first-order chi connectivity index (χ1) is 21.5. The second-order valence-electron chi connectivity index (χ2n) is 11.9. The monoisotopic (exact) mass is 566 g/mol. The fourth-order valence-corrected chi connectivity index (χ4v) is 6.36. The zero-order chi connectivity index (χ0) is 29.7. The molecule has 0 unspecified atom stereocenters. The van der Waals surface area contributed by atoms with Gasteiger partial charge in [0.1, 0.15) is 11.5 Å². The molecule has 0 aliphatic carbocycles. The maximum absolute atomic E-state index is 6.30. The van der Waals surface area contributed by atoms with Gasteiger partial charge in [-0.3, -0.25) is 0 Å². The molecule has 8 rings (SSSR count). The highest BCUT2D eigenvalue weighted by atomic mass is 16.5. The van der Waals surface area contributed by atoms with Gasteiger partial charge in [0.25, 0.3) is 0 Å². The topological polar surface area (TPSA) is 35.0 Å². The van der Waals surface area contributed by atoms with E-state index in [4.69, 9.17) is 14.7 Å². The number of benzene rings is 6. The van der Waals surface area contributed by atoms with E-state index in [0.717, 1.165) is 56.2 Å². The van der Waals surface area contributed by atoms with E-state index in [-0.39, 0.29) is 5.41 Å². The maximum Gasteiger partial charge on any atom is 0.160 e. The van der Waals surface area contributed by atoms with Crippen molar-refractivity contribution in [3.05, 3.63) is 157 Å². The summed E-state index contributed by atoms with van der Waals surface area (Å²) in [5, 5.41) is 1.05. The fraction of sp³-hybridized carbons (Fsp3) is 0.0732. The van der Waals surface area contributed by atoms with Crippen LogP contribution in [0.25, 0.3) is 55.8 Å². The Balaban J connectivity index is 1.18. The van der Waals surface area contributed by atoms with Crippen molar-refractivity contribution >= 4 is 10.9 Å². The van der Waals surface area contributed by atoms with Gasteiger partial charge in [-0.15, -0.1) is 0 Å². The second kappa shape index (κ2) is 10.3. The largest absolute Gasteiger partial charge is 0.457 e. The van der Waals surface area contributed by atoms with Crippen LogP contribution in [0.15, 0.2) is 146 Å². The summed E-state index contributed by atoms with van der Waals surface area (Å²) in [6.45, 7) is 4.55. The van der Waals surface area contributed by atoms with Crippen molar-refractivity contribution in [2.75, 3.05) is 0 Å². The molecule has 0 N–H and O–H groups in total. The van der Waals surface area contributed by atoms with E-state index < -0.39 is 0 Å². The molecule has 44 heavy (non-hydrogen) atoms. The van der Waals surface area contributed by atoms with Crippen molar-refractivity contribution in [3.63, 3.8) is 0 Å². The summed E-state index contributed by atoms with van der Waals surface area (Å²) in [4.78, 5) is 10.1. The average molecular weight is 567 g/mol. The second-order valence-corrected chi connectivity index (χ2v) is 11.9. The molecule has 6 aromatic carbocycles. The zero-order valence-corrected chi connectivity index (χ0v) is 24.7. The van der Waals surface area contributed by atoms with Crippen LogP contribution in [0.1, 0.15) is 25.0 Å². The van der Waals surface area contributed by atoms with Crippen molar-refractivity contribution in [1.82, 2.24) is 9.97 Å². The third-order valence-corrected chi connectivity index (χ3v) is 8.73. The Kier molecular flexibility index (Phi) is 6.13. The SMILES string of the molecule is CC1(C)c2ccccc2Oc2ccc(-c3cccc(-c4cccc(-c5nc(-c6ccccc6)c6ccccc6n5)c4)c3)cc21. The lowest BCUT2D eigenvalue weighted by Gasteiger charge is -2.34. The van der Waals surface area contributed by atoms with Gasteiger partial charge >= 0.3 is 0 Å². The summed E-state index contributed by atoms with van der Waals surface area (Å²) >= 11 is 0. The average Bonchev–Trinajstić information content (AvgIpc) is 3.08. The Morgan fingerprint density at radius 3 is 1.84 bits per heavy atom. The van der Waals surface area contributed by atoms with E-state index in [1.165, 1.54) is 22.3 Å². The van der Waals surface area contributed by atoms with E-state index in [2.05, 4.69) is 135 Å². The molecular weight excluding hydrogens is 536 g/mol. The van der Waals surface area contributed by atoms with Gasteiger partial charge < -0.3 is 4.74 Å². The molecule has 0 bridgehead atoms. The van der Waals surface area contributed by atoms with Gasteiger partial charge in [-0.1, -0.05) is 123 Å². The number of fused-ring (bicyclic) bond motifs is 3. The van der Waals surface area contributed by atoms with Gasteiger partial charge in [0.05, 0.1) is 11.2 Å². The summed E-state index contributed by atoms with van der Waals surface area (Å²) in [7, 11) is 0. The Morgan fingerprint density at radius 1 is 0.455 bits per heavy atom. The van der Waals surface area contributed by atoms with Crippen LogP contribution < -0.4 is 4.74 Å². The summed E-state index contributed by atoms with van der Waals surface area (Å²) in [6.07, 6.45) is 0. The standard InChI is InChI=1S/C41H30N2O/c1-41(2)34-19-7-9-21-37(34)44-38-23-22-31(26-35(38)41)29-15-10-14-28(24-29)30-16-11-17-32(25-30)40-42-36-20-8-6-18-33(36)39(43-40)27-12-4-3-5-13-27/h3-26H,1-2H3. The van der Waals surface area contributed by atoms with Crippen LogP contribution in [-0.4, -0.2) is 9.97 Å². The lowest BCUT2D eigenvalue weighted by Crippen LogP contribution is -2.24. The summed E-state index contributed by atoms with van der Waals surface area (Å²) in [5.41, 5.74) is 10.8. The van der Waals surface area contributed by atoms with Gasteiger partial charge in [-0.05, 0) is 58.7 Å². The van der Waals surface area contributed by atoms with Crippen molar-refractivity contribution in [1.29, 1.82) is 0 Å². The number of ether oxygens (including phenoxy) is 1. The quantitative estimate of drug-likeness (QED) is 0.213. The van der Waals surface area contributed by atoms with Gasteiger partial charge in [0, 0.05) is 33.1 Å². The first kappa shape index (κ1) is 26.1. The molecule has 0 atom stereocenters. The molecule has 1 aromatic heterocycles. The first-order valence-electron chi connectivity index (χ1n) is 15.0. The molecule has 0 saturated carbocycles. The summed E-state index contributed by atoms with van der Waals surface area (Å²) < 4.78 is 6.30. The zero-order valence-electron chi connectivity index (χ0n) is 24.7. The highest BCUT2D eigenvalue weighted by molar-refractivity contribution is 5.93. The highest BCUT2D eigenvalue weighted by Gasteiger charge is 2.34. The molecule has 0 spiro atoms. The maximum atomic E-state index is 6.30. The van der Waals surface area contributed by atoms with Crippen LogP contribution >= 0.6 is 0 Å². The van der Waals surface area contributed by atoms with Crippen molar-refractivity contribution < 1.29 is 4.74 Å². The Hall–Kier alpha value is -5.54. The molecule has 3 heteroatoms. The highest BCUT2D eigenvalue weighted by Crippen LogP contribution is 2.48. The van der Waals surface area contributed by atoms with E-state index in [1.54, 1.807) is 0 Å². The van der Waals surface area contributed by atoms with Gasteiger partial charge in [-0.2, -0.15) is 0 Å². The predicted molar refractivity (Wildman–Crippen MR) is 180 cm³/mol. The molecule has 3 nitrogen and oxygen atoms in total. The number of rotatable bonds is 4. The normalized spacial score (nSPS) is 13.1. The van der Waals surface area contributed by atoms with Gasteiger partial charge in [0.15, 0.2) is 5.82 Å². The van der Waals surface area contributed by atoms with E-state index >= 15 is 0 Å². The molecule has 2 heterocycles. The fourth-order valence-electron chi connectivity index (χ4n) is 6.36. The molecule has 0 amide bonds. The van der Waals surface area contributed by atoms with Crippen LogP contribution in [0.3, 0.4) is 0 Å². The third kappa shape index (κ3) is 4.45. The molecule has 210 valence electrons. The number of nitrogens with zero attached hydrogens (tertiary/aromatic N) is 2. The lowest BCUT2D eigenvalue weighted by atomic mass is 9.75. The van der Waals surface area contributed by atoms with Crippen LogP contribution in [0.5, 0.6) is 11.5 Å². The van der Waals surface area contributed by atoms with Crippen LogP contribution in [-0.2, 0) is 5.41 Å². The molecule has 0 radical (unpaired) electrons. The number of hydrogen-bond donors (Lipinski definition) is 0. The van der Waals surface area contributed by atoms with Crippen molar-refractivity contribution in [3.8, 4) is 56.4 Å². The minimum Gasteiger partial charge on any atom is -0.457 e. The number of hydrogen-bond acceptors (Lipinski definition) is 3. The molecule has 0 fully saturated rings. The Morgan fingerprint density at radius 2 is 1.05 bits per heavy atom. The predicted octanol–water partition coefficient (Wildman–Crippen LogP) is 10.7. The van der Waals surface area contributed by atoms with Crippen LogP contribution in [0, 0.1) is 0 Å². The first-order valence-corrected chi connectivity index (χ1v) is 15.0. The van der Waals surface area contributed by atoms with E-state index in [0.29, 0.717) is 0 Å². The van der Waals surface area contributed by atoms with E-state index in [9.17, 15) is 0 Å². The lowest BCUT2D eigenvalue weighted by molar-refractivity contribution is 0.418. The van der Waals surface area contributed by atoms with Crippen LogP contribution in [0.4, 0.5) is 0 Å². The van der Waals surface area contributed by atoms with Gasteiger partial charge in [-0.25, -0.2) is 9.97 Å². The smallest absolute Gasteiger partial charge is 0.160 e. The Labute approximate surface area is 257 Å². The summed E-state index contributed by atoms with van der Waals surface area (Å²) in [5.74, 6) is 2.58. The molecule has 1 aliphatic heterocycles. The molecule has 7 aromatic rings. The van der Waals surface area contributed by atoms with Crippen molar-refractivity contribution in [2.24, 2.45) is 0 Å². The van der Waals surface area contributed by atoms with E-state index in [1.807, 2.05) is 24.3 Å². The molecular formula is C41H30N2O. The van der Waals surface area contributed by atoms with Crippen LogP contribution in [0.2, 0.25) is 0 Å². The number of aromatic nitrogens is 2. The minimum absolute atomic E-state index is 0.162. The third-order valence-electron chi connectivity index (χ3n) is 8.73. The molecule has 1 aliphatic rings. The Bertz CT molecular complexity index is 2180. The number of para-hydroxylation sites is 2.